The van der Waals surface area contributed by atoms with Crippen molar-refractivity contribution in [1.29, 1.82) is 0 Å². The van der Waals surface area contributed by atoms with Crippen LogP contribution in [0.3, 0.4) is 0 Å². The van der Waals surface area contributed by atoms with E-state index in [4.69, 9.17) is 16.7 Å². The first-order valence-corrected chi connectivity index (χ1v) is 8.74. The van der Waals surface area contributed by atoms with E-state index in [0.29, 0.717) is 23.8 Å². The summed E-state index contributed by atoms with van der Waals surface area (Å²) >= 11 is 6.37. The van der Waals surface area contributed by atoms with E-state index in [2.05, 4.69) is 17.1 Å². The Balaban J connectivity index is 2.00. The molecule has 2 amide bonds. The van der Waals surface area contributed by atoms with Crippen LogP contribution in [0.25, 0.3) is 0 Å². The third kappa shape index (κ3) is 5.01. The van der Waals surface area contributed by atoms with Crippen LogP contribution < -0.4 is 10.2 Å². The van der Waals surface area contributed by atoms with Crippen molar-refractivity contribution in [2.75, 3.05) is 43.0 Å². The Morgan fingerprint density at radius 3 is 2.70 bits per heavy atom. The number of hydrogen-bond donors (Lipinski definition) is 2. The molecule has 1 aromatic carbocycles. The van der Waals surface area contributed by atoms with Crippen molar-refractivity contribution >= 4 is 29.0 Å². The Labute approximate surface area is 143 Å². The summed E-state index contributed by atoms with van der Waals surface area (Å²) in [6.07, 6.45) is 4.32. The summed E-state index contributed by atoms with van der Waals surface area (Å²) in [5, 5.41) is 12.6. The third-order valence-corrected chi connectivity index (χ3v) is 4.39. The molecule has 1 aliphatic heterocycles. The highest BCUT2D eigenvalue weighted by molar-refractivity contribution is 6.33. The Morgan fingerprint density at radius 1 is 1.35 bits per heavy atom. The van der Waals surface area contributed by atoms with Crippen molar-refractivity contribution in [2.45, 2.75) is 32.6 Å². The molecule has 0 unspecified atom stereocenters. The summed E-state index contributed by atoms with van der Waals surface area (Å²) in [5.74, 6) is 0. The van der Waals surface area contributed by atoms with Crippen molar-refractivity contribution < 1.29 is 9.90 Å². The summed E-state index contributed by atoms with van der Waals surface area (Å²) in [7, 11) is 0. The lowest BCUT2D eigenvalue weighted by atomic mass is 10.2. The molecule has 0 radical (unpaired) electrons. The van der Waals surface area contributed by atoms with Crippen LogP contribution in [0.1, 0.15) is 32.6 Å². The second-order valence-corrected chi connectivity index (χ2v) is 6.26. The maximum Gasteiger partial charge on any atom is 0.321 e. The van der Waals surface area contributed by atoms with E-state index in [1.54, 1.807) is 11.0 Å². The molecule has 128 valence electrons. The second-order valence-electron chi connectivity index (χ2n) is 5.85. The van der Waals surface area contributed by atoms with Gasteiger partial charge in [0.25, 0.3) is 0 Å². The number of aliphatic hydroxyl groups is 1. The molecule has 5 nitrogen and oxygen atoms in total. The van der Waals surface area contributed by atoms with Crippen LogP contribution in [-0.2, 0) is 0 Å². The first-order chi connectivity index (χ1) is 11.2. The Morgan fingerprint density at radius 2 is 2.09 bits per heavy atom. The van der Waals surface area contributed by atoms with Gasteiger partial charge in [0.2, 0.25) is 0 Å². The molecule has 1 fully saturated rings. The summed E-state index contributed by atoms with van der Waals surface area (Å²) < 4.78 is 0. The van der Waals surface area contributed by atoms with E-state index in [1.807, 2.05) is 12.1 Å². The number of benzene rings is 1. The Bertz CT molecular complexity index is 519. The van der Waals surface area contributed by atoms with Gasteiger partial charge < -0.3 is 20.2 Å². The fourth-order valence-electron chi connectivity index (χ4n) is 2.79. The van der Waals surface area contributed by atoms with Crippen molar-refractivity contribution in [3.05, 3.63) is 23.2 Å². The van der Waals surface area contributed by atoms with Gasteiger partial charge in [-0.05, 0) is 37.5 Å². The first kappa shape index (κ1) is 17.9. The molecule has 0 atom stereocenters. The molecule has 1 aromatic rings. The fourth-order valence-corrected chi connectivity index (χ4v) is 3.09. The minimum absolute atomic E-state index is 0.0359. The van der Waals surface area contributed by atoms with Crippen LogP contribution in [0.15, 0.2) is 18.2 Å². The van der Waals surface area contributed by atoms with E-state index in [-0.39, 0.29) is 12.6 Å². The minimum Gasteiger partial charge on any atom is -0.395 e. The van der Waals surface area contributed by atoms with Gasteiger partial charge in [-0.15, -0.1) is 0 Å². The number of anilines is 2. The zero-order valence-corrected chi connectivity index (χ0v) is 14.5. The lowest BCUT2D eigenvalue weighted by Crippen LogP contribution is -2.37. The molecule has 2 rings (SSSR count). The lowest BCUT2D eigenvalue weighted by molar-refractivity contribution is 0.187. The normalized spacial score (nSPS) is 14.1. The molecule has 23 heavy (non-hydrogen) atoms. The second kappa shape index (κ2) is 8.99. The average molecular weight is 340 g/mol. The van der Waals surface area contributed by atoms with Gasteiger partial charge in [0.1, 0.15) is 0 Å². The van der Waals surface area contributed by atoms with E-state index >= 15 is 0 Å². The monoisotopic (exact) mass is 339 g/mol. The molecule has 1 aliphatic rings. The maximum atomic E-state index is 12.3. The lowest BCUT2D eigenvalue weighted by Gasteiger charge is -2.23. The number of nitrogens with one attached hydrogen (secondary N) is 1. The zero-order chi connectivity index (χ0) is 16.7. The largest absolute Gasteiger partial charge is 0.395 e. The average Bonchev–Trinajstić information content (AvgIpc) is 3.05. The number of halogens is 1. The van der Waals surface area contributed by atoms with Gasteiger partial charge in [0, 0.05) is 31.9 Å². The highest BCUT2D eigenvalue weighted by Crippen LogP contribution is 2.31. The number of hydrogen-bond acceptors (Lipinski definition) is 3. The molecule has 2 N–H and O–H groups in total. The van der Waals surface area contributed by atoms with Crippen molar-refractivity contribution in [3.8, 4) is 0 Å². The number of carbonyl (C=O) groups is 1. The summed E-state index contributed by atoms with van der Waals surface area (Å²) in [6, 6.07) is 5.45. The van der Waals surface area contributed by atoms with E-state index in [9.17, 15) is 4.79 Å². The van der Waals surface area contributed by atoms with Crippen LogP contribution in [0.2, 0.25) is 5.02 Å². The number of aliphatic hydroxyl groups excluding tert-OH is 1. The molecule has 0 aromatic heterocycles. The van der Waals surface area contributed by atoms with Crippen LogP contribution >= 0.6 is 11.6 Å². The van der Waals surface area contributed by atoms with Crippen LogP contribution in [-0.4, -0.2) is 48.8 Å². The van der Waals surface area contributed by atoms with Crippen LogP contribution in [0.5, 0.6) is 0 Å². The van der Waals surface area contributed by atoms with E-state index < -0.39 is 0 Å². The minimum atomic E-state index is -0.197. The predicted octanol–water partition coefficient (Wildman–Crippen LogP) is 3.57. The van der Waals surface area contributed by atoms with Crippen molar-refractivity contribution in [2.24, 2.45) is 0 Å². The van der Waals surface area contributed by atoms with Crippen molar-refractivity contribution in [3.63, 3.8) is 0 Å². The zero-order valence-electron chi connectivity index (χ0n) is 13.7. The van der Waals surface area contributed by atoms with Gasteiger partial charge in [-0.1, -0.05) is 24.9 Å². The number of carbonyl (C=O) groups excluding carboxylic acids is 1. The van der Waals surface area contributed by atoms with Crippen LogP contribution in [0, 0.1) is 0 Å². The molecule has 0 bridgehead atoms. The highest BCUT2D eigenvalue weighted by Gasteiger charge is 2.17. The number of urea groups is 1. The molecule has 0 aliphatic carbocycles. The first-order valence-electron chi connectivity index (χ1n) is 8.37. The topological polar surface area (TPSA) is 55.8 Å². The number of nitrogens with zero attached hydrogens (tertiary/aromatic N) is 2. The van der Waals surface area contributed by atoms with Gasteiger partial charge >= 0.3 is 6.03 Å². The third-order valence-electron chi connectivity index (χ3n) is 4.08. The standard InChI is InChI=1S/C17H26ClN3O2/c1-2-3-8-21(11-12-22)17(23)19-14-6-7-16(15(18)13-14)20-9-4-5-10-20/h6-7,13,22H,2-5,8-12H2,1H3,(H,19,23). The molecular formula is C17H26ClN3O2. The van der Waals surface area contributed by atoms with E-state index in [0.717, 1.165) is 31.6 Å². The maximum absolute atomic E-state index is 12.3. The number of unbranched alkanes of at least 4 members (excludes halogenated alkanes) is 1. The summed E-state index contributed by atoms with van der Waals surface area (Å²) in [5.41, 5.74) is 1.71. The summed E-state index contributed by atoms with van der Waals surface area (Å²) in [4.78, 5) is 16.2. The Kier molecular flexibility index (Phi) is 6.99. The molecule has 0 saturated carbocycles. The molecule has 1 saturated heterocycles. The number of rotatable bonds is 7. The fraction of sp³-hybridized carbons (Fsp3) is 0.588. The quantitative estimate of drug-likeness (QED) is 0.798. The van der Waals surface area contributed by atoms with Gasteiger partial charge in [-0.3, -0.25) is 0 Å². The number of amides is 2. The molecule has 1 heterocycles. The predicted molar refractivity (Wildman–Crippen MR) is 95.5 cm³/mol. The molecule has 0 spiro atoms. The van der Waals surface area contributed by atoms with Gasteiger partial charge in [0.15, 0.2) is 0 Å². The van der Waals surface area contributed by atoms with Crippen molar-refractivity contribution in [1.82, 2.24) is 4.90 Å². The van der Waals surface area contributed by atoms with E-state index in [1.165, 1.54) is 12.8 Å². The van der Waals surface area contributed by atoms with Crippen LogP contribution in [0.4, 0.5) is 16.2 Å². The summed E-state index contributed by atoms with van der Waals surface area (Å²) in [6.45, 7) is 5.09. The smallest absolute Gasteiger partial charge is 0.321 e. The molecular weight excluding hydrogens is 314 g/mol. The highest BCUT2D eigenvalue weighted by atomic mass is 35.5. The van der Waals surface area contributed by atoms with Gasteiger partial charge in [0.05, 0.1) is 17.3 Å². The Hall–Kier alpha value is -1.46. The molecule has 6 heteroatoms. The SMILES string of the molecule is CCCCN(CCO)C(=O)Nc1ccc(N2CCCC2)c(Cl)c1. The van der Waals surface area contributed by atoms with Gasteiger partial charge in [-0.2, -0.15) is 0 Å². The van der Waals surface area contributed by atoms with Gasteiger partial charge in [-0.25, -0.2) is 4.79 Å².